The average Bonchev–Trinajstić information content (AvgIpc) is 2.17. The molecule has 80 valence electrons. The number of anilines is 1. The Balaban J connectivity index is 3.16. The molecule has 0 bridgehead atoms. The van der Waals surface area contributed by atoms with Gasteiger partial charge in [-0.1, -0.05) is 0 Å². The Hall–Kier alpha value is -1.45. The molecule has 0 aliphatic heterocycles. The maximum Gasteiger partial charge on any atom is 0.262 e. The van der Waals surface area contributed by atoms with E-state index < -0.39 is 11.3 Å². The second-order valence-electron chi connectivity index (χ2n) is 2.92. The van der Waals surface area contributed by atoms with Gasteiger partial charge in [-0.3, -0.25) is 8.91 Å². The molecule has 1 aromatic heterocycles. The van der Waals surface area contributed by atoms with Crippen molar-refractivity contribution in [2.75, 3.05) is 11.8 Å². The Morgan fingerprint density at radius 2 is 2.27 bits per heavy atom. The predicted octanol–water partition coefficient (Wildman–Crippen LogP) is 1.21. The van der Waals surface area contributed by atoms with E-state index >= 15 is 0 Å². The van der Waals surface area contributed by atoms with Crippen molar-refractivity contribution in [1.82, 2.24) is 4.98 Å². The summed E-state index contributed by atoms with van der Waals surface area (Å²) >= 11 is -1.67. The molecule has 6 heteroatoms. The van der Waals surface area contributed by atoms with Gasteiger partial charge in [0.1, 0.15) is 6.07 Å². The first-order chi connectivity index (χ1) is 7.08. The highest BCUT2D eigenvalue weighted by Gasteiger charge is 2.10. The summed E-state index contributed by atoms with van der Waals surface area (Å²) in [5.74, 6) is 0.287. The maximum absolute atomic E-state index is 11.1. The van der Waals surface area contributed by atoms with E-state index in [0.29, 0.717) is 5.56 Å². The fourth-order valence-corrected chi connectivity index (χ4v) is 1.56. The Morgan fingerprint density at radius 3 is 2.80 bits per heavy atom. The van der Waals surface area contributed by atoms with Crippen LogP contribution in [0.2, 0.25) is 0 Å². The van der Waals surface area contributed by atoms with Gasteiger partial charge in [0.25, 0.3) is 11.3 Å². The van der Waals surface area contributed by atoms with E-state index in [2.05, 4.69) is 13.9 Å². The lowest BCUT2D eigenvalue weighted by Gasteiger charge is -2.07. The number of nitriles is 1. The average molecular weight is 225 g/mol. The SMILES string of the molecule is COS(=O)Nc1nc(C)cc(C)c1C#N. The smallest absolute Gasteiger partial charge is 0.262 e. The molecular weight excluding hydrogens is 214 g/mol. The number of aryl methyl sites for hydroxylation is 2. The van der Waals surface area contributed by atoms with Gasteiger partial charge in [0, 0.05) is 5.69 Å². The molecule has 1 N–H and O–H groups in total. The molecule has 0 fully saturated rings. The van der Waals surface area contributed by atoms with Gasteiger partial charge in [0.2, 0.25) is 0 Å². The van der Waals surface area contributed by atoms with Gasteiger partial charge in [0.05, 0.1) is 12.7 Å². The van der Waals surface area contributed by atoms with Gasteiger partial charge in [0.15, 0.2) is 5.82 Å². The third-order valence-electron chi connectivity index (χ3n) is 1.79. The van der Waals surface area contributed by atoms with Crippen LogP contribution in [-0.2, 0) is 15.4 Å². The van der Waals surface area contributed by atoms with Crippen LogP contribution < -0.4 is 4.72 Å². The number of nitrogens with zero attached hydrogens (tertiary/aromatic N) is 2. The summed E-state index contributed by atoms with van der Waals surface area (Å²) in [7, 11) is 1.30. The molecule has 0 saturated carbocycles. The molecule has 1 atom stereocenters. The summed E-state index contributed by atoms with van der Waals surface area (Å²) in [6, 6.07) is 3.80. The largest absolute Gasteiger partial charge is 0.277 e. The number of nitrogens with one attached hydrogen (secondary N) is 1. The molecule has 1 heterocycles. The highest BCUT2D eigenvalue weighted by atomic mass is 32.2. The maximum atomic E-state index is 11.1. The van der Waals surface area contributed by atoms with E-state index in [4.69, 9.17) is 5.26 Å². The standard InChI is InChI=1S/C9H11N3O2S/c1-6-4-7(2)11-9(8(6)5-10)12-15(13)14-3/h4H,1-3H3,(H,11,12). The number of hydrogen-bond donors (Lipinski definition) is 1. The Bertz CT molecular complexity index is 440. The van der Waals surface area contributed by atoms with E-state index in [0.717, 1.165) is 11.3 Å². The normalized spacial score (nSPS) is 11.9. The van der Waals surface area contributed by atoms with Crippen LogP contribution in [0.25, 0.3) is 0 Å². The van der Waals surface area contributed by atoms with Crippen LogP contribution in [0.4, 0.5) is 5.82 Å². The zero-order valence-corrected chi connectivity index (χ0v) is 9.51. The van der Waals surface area contributed by atoms with Crippen LogP contribution in [0, 0.1) is 25.2 Å². The molecule has 0 radical (unpaired) electrons. The lowest BCUT2D eigenvalue weighted by molar-refractivity contribution is 0.449. The molecule has 0 aliphatic rings. The van der Waals surface area contributed by atoms with E-state index in [1.807, 2.05) is 6.07 Å². The second kappa shape index (κ2) is 4.87. The molecular formula is C9H11N3O2S. The minimum atomic E-state index is -1.67. The molecule has 0 saturated heterocycles. The van der Waals surface area contributed by atoms with Crippen LogP contribution in [0.3, 0.4) is 0 Å². The van der Waals surface area contributed by atoms with Gasteiger partial charge >= 0.3 is 0 Å². The van der Waals surface area contributed by atoms with E-state index in [9.17, 15) is 4.21 Å². The monoisotopic (exact) mass is 225 g/mol. The van der Waals surface area contributed by atoms with Gasteiger partial charge in [-0.25, -0.2) is 9.19 Å². The first-order valence-corrected chi connectivity index (χ1v) is 5.27. The Kier molecular flexibility index (Phi) is 3.77. The Morgan fingerprint density at radius 1 is 1.60 bits per heavy atom. The molecule has 1 unspecified atom stereocenters. The zero-order valence-electron chi connectivity index (χ0n) is 8.70. The summed E-state index contributed by atoms with van der Waals surface area (Å²) in [6.45, 7) is 3.60. The van der Waals surface area contributed by atoms with Gasteiger partial charge in [-0.05, 0) is 25.5 Å². The molecule has 1 aromatic rings. The third kappa shape index (κ3) is 2.75. The number of rotatable bonds is 3. The summed E-state index contributed by atoms with van der Waals surface area (Å²) in [4.78, 5) is 4.09. The third-order valence-corrected chi connectivity index (χ3v) is 2.45. The lowest BCUT2D eigenvalue weighted by atomic mass is 10.1. The molecule has 1 rings (SSSR count). The minimum Gasteiger partial charge on any atom is -0.277 e. The van der Waals surface area contributed by atoms with E-state index in [-0.39, 0.29) is 5.82 Å². The van der Waals surface area contributed by atoms with Crippen molar-refractivity contribution in [2.45, 2.75) is 13.8 Å². The summed E-state index contributed by atoms with van der Waals surface area (Å²) in [6.07, 6.45) is 0. The van der Waals surface area contributed by atoms with Crippen molar-refractivity contribution < 1.29 is 8.39 Å². The van der Waals surface area contributed by atoms with Crippen molar-refractivity contribution in [1.29, 1.82) is 5.26 Å². The molecule has 0 spiro atoms. The van der Waals surface area contributed by atoms with Crippen molar-refractivity contribution >= 4 is 17.1 Å². The zero-order chi connectivity index (χ0) is 11.4. The van der Waals surface area contributed by atoms with Crippen molar-refractivity contribution in [2.24, 2.45) is 0 Å². The van der Waals surface area contributed by atoms with Crippen LogP contribution in [0.5, 0.6) is 0 Å². The number of pyridine rings is 1. The van der Waals surface area contributed by atoms with E-state index in [1.165, 1.54) is 7.11 Å². The highest BCUT2D eigenvalue weighted by Crippen LogP contribution is 2.17. The predicted molar refractivity (Wildman–Crippen MR) is 57.2 cm³/mol. The van der Waals surface area contributed by atoms with Crippen LogP contribution in [-0.4, -0.2) is 16.3 Å². The number of aromatic nitrogens is 1. The van der Waals surface area contributed by atoms with Gasteiger partial charge < -0.3 is 0 Å². The fourth-order valence-electron chi connectivity index (χ4n) is 1.17. The molecule has 0 aliphatic carbocycles. The number of hydrogen-bond acceptors (Lipinski definition) is 4. The van der Waals surface area contributed by atoms with Crippen molar-refractivity contribution in [3.05, 3.63) is 22.9 Å². The quantitative estimate of drug-likeness (QED) is 0.838. The van der Waals surface area contributed by atoms with Crippen LogP contribution in [0.1, 0.15) is 16.8 Å². The first kappa shape index (κ1) is 11.6. The van der Waals surface area contributed by atoms with E-state index in [1.54, 1.807) is 19.9 Å². The summed E-state index contributed by atoms with van der Waals surface area (Å²) in [5, 5.41) is 8.91. The van der Waals surface area contributed by atoms with Gasteiger partial charge in [-0.2, -0.15) is 5.26 Å². The fraction of sp³-hybridized carbons (Fsp3) is 0.333. The molecule has 0 amide bonds. The van der Waals surface area contributed by atoms with Crippen molar-refractivity contribution in [3.63, 3.8) is 0 Å². The second-order valence-corrected chi connectivity index (χ2v) is 3.93. The lowest BCUT2D eigenvalue weighted by Crippen LogP contribution is -2.09. The highest BCUT2D eigenvalue weighted by molar-refractivity contribution is 7.81. The van der Waals surface area contributed by atoms with Crippen LogP contribution in [0.15, 0.2) is 6.07 Å². The molecule has 5 nitrogen and oxygen atoms in total. The summed E-state index contributed by atoms with van der Waals surface area (Å²) < 4.78 is 18.2. The molecule has 0 aromatic carbocycles. The Labute approximate surface area is 90.9 Å². The summed E-state index contributed by atoms with van der Waals surface area (Å²) in [5.41, 5.74) is 1.92. The van der Waals surface area contributed by atoms with Gasteiger partial charge in [-0.15, -0.1) is 0 Å². The van der Waals surface area contributed by atoms with Crippen molar-refractivity contribution in [3.8, 4) is 6.07 Å². The first-order valence-electron chi connectivity index (χ1n) is 4.19. The topological polar surface area (TPSA) is 75.0 Å². The minimum absolute atomic E-state index is 0.287. The molecule has 15 heavy (non-hydrogen) atoms. The van der Waals surface area contributed by atoms with Crippen LogP contribution >= 0.6 is 0 Å².